The predicted octanol–water partition coefficient (Wildman–Crippen LogP) is 2.16. The number of piperidine rings is 1. The van der Waals surface area contributed by atoms with Crippen LogP contribution in [-0.2, 0) is 16.1 Å². The van der Waals surface area contributed by atoms with Gasteiger partial charge in [-0.3, -0.25) is 9.69 Å². The minimum atomic E-state index is -0.917. The summed E-state index contributed by atoms with van der Waals surface area (Å²) in [6, 6.07) is 6.95. The van der Waals surface area contributed by atoms with Gasteiger partial charge in [0.25, 0.3) is 0 Å². The van der Waals surface area contributed by atoms with E-state index in [0.717, 1.165) is 24.9 Å². The van der Waals surface area contributed by atoms with Crippen molar-refractivity contribution in [2.45, 2.75) is 26.3 Å². The van der Waals surface area contributed by atoms with Gasteiger partial charge in [-0.1, -0.05) is 12.1 Å². The number of carbonyl (C=O) groups excluding carboxylic acids is 1. The Hall–Kier alpha value is -1.88. The average Bonchev–Trinajstić information content (AvgIpc) is 2.48. The van der Waals surface area contributed by atoms with Gasteiger partial charge in [-0.15, -0.1) is 0 Å². The number of nitrogens with zero attached hydrogens (tertiary/aromatic N) is 1. The number of ether oxygens (including phenoxy) is 1. The second-order valence-corrected chi connectivity index (χ2v) is 5.33. The maximum Gasteiger partial charge on any atom is 0.335 e. The number of aromatic carboxylic acids is 1. The lowest BCUT2D eigenvalue weighted by atomic mass is 9.97. The molecule has 1 aliphatic heterocycles. The lowest BCUT2D eigenvalue weighted by molar-refractivity contribution is -0.150. The van der Waals surface area contributed by atoms with Crippen LogP contribution in [0, 0.1) is 5.92 Å². The summed E-state index contributed by atoms with van der Waals surface area (Å²) in [5.41, 5.74) is 1.26. The molecule has 0 amide bonds. The second-order valence-electron chi connectivity index (χ2n) is 5.33. The molecule has 1 aliphatic rings. The third kappa shape index (κ3) is 4.29. The number of carboxylic acids is 1. The highest BCUT2D eigenvalue weighted by molar-refractivity contribution is 5.87. The largest absolute Gasteiger partial charge is 0.478 e. The summed E-state index contributed by atoms with van der Waals surface area (Å²) in [5, 5.41) is 9.01. The number of hydrogen-bond acceptors (Lipinski definition) is 4. The minimum absolute atomic E-state index is 0.0682. The van der Waals surface area contributed by atoms with Crippen molar-refractivity contribution in [2.24, 2.45) is 5.92 Å². The first-order valence-corrected chi connectivity index (χ1v) is 7.31. The zero-order valence-corrected chi connectivity index (χ0v) is 12.2. The first-order chi connectivity index (χ1) is 10.1. The van der Waals surface area contributed by atoms with Crippen molar-refractivity contribution >= 4 is 11.9 Å². The van der Waals surface area contributed by atoms with Crippen LogP contribution in [0.15, 0.2) is 24.3 Å². The van der Waals surface area contributed by atoms with Crippen LogP contribution in [0.3, 0.4) is 0 Å². The fourth-order valence-corrected chi connectivity index (χ4v) is 2.71. The van der Waals surface area contributed by atoms with E-state index in [2.05, 4.69) is 4.90 Å². The van der Waals surface area contributed by atoms with Crippen LogP contribution >= 0.6 is 0 Å². The zero-order valence-electron chi connectivity index (χ0n) is 12.2. The second kappa shape index (κ2) is 7.22. The molecule has 1 N–H and O–H groups in total. The molecule has 0 spiro atoms. The summed E-state index contributed by atoms with van der Waals surface area (Å²) in [4.78, 5) is 25.0. The molecule has 0 unspecified atom stereocenters. The Morgan fingerprint density at radius 3 is 2.95 bits per heavy atom. The highest BCUT2D eigenvalue weighted by atomic mass is 16.5. The zero-order chi connectivity index (χ0) is 15.2. The van der Waals surface area contributed by atoms with E-state index in [1.807, 2.05) is 13.0 Å². The molecule has 21 heavy (non-hydrogen) atoms. The van der Waals surface area contributed by atoms with Crippen molar-refractivity contribution in [3.05, 3.63) is 35.4 Å². The summed E-state index contributed by atoms with van der Waals surface area (Å²) in [7, 11) is 0. The molecular weight excluding hydrogens is 270 g/mol. The molecule has 1 atom stereocenters. The lowest BCUT2D eigenvalue weighted by Crippen LogP contribution is -2.38. The van der Waals surface area contributed by atoms with Crippen LogP contribution in [0.25, 0.3) is 0 Å². The van der Waals surface area contributed by atoms with Gasteiger partial charge in [-0.25, -0.2) is 4.79 Å². The molecule has 5 heteroatoms. The minimum Gasteiger partial charge on any atom is -0.478 e. The van der Waals surface area contributed by atoms with Crippen LogP contribution in [0.4, 0.5) is 0 Å². The maximum absolute atomic E-state index is 11.8. The molecule has 0 aliphatic carbocycles. The molecule has 0 radical (unpaired) electrons. The first-order valence-electron chi connectivity index (χ1n) is 7.31. The summed E-state index contributed by atoms with van der Waals surface area (Å²) in [5.74, 6) is -1.11. The standard InChI is InChI=1S/C16H21NO4/c1-2-21-16(20)14-7-4-8-17(11-14)10-12-5-3-6-13(9-12)15(18)19/h3,5-6,9,14H,2,4,7-8,10-11H2,1H3,(H,18,19)/t14-/m0/s1. The van der Waals surface area contributed by atoms with Gasteiger partial charge in [-0.05, 0) is 44.0 Å². The molecule has 2 rings (SSSR count). The van der Waals surface area contributed by atoms with Gasteiger partial charge >= 0.3 is 11.9 Å². The van der Waals surface area contributed by atoms with Gasteiger partial charge in [-0.2, -0.15) is 0 Å². The Kier molecular flexibility index (Phi) is 5.33. The maximum atomic E-state index is 11.8. The fourth-order valence-electron chi connectivity index (χ4n) is 2.71. The van der Waals surface area contributed by atoms with E-state index in [9.17, 15) is 9.59 Å². The number of benzene rings is 1. The first kappa shape index (κ1) is 15.5. The van der Waals surface area contributed by atoms with Gasteiger partial charge in [0.1, 0.15) is 0 Å². The van der Waals surface area contributed by atoms with Gasteiger partial charge in [0.05, 0.1) is 18.1 Å². The fraction of sp³-hybridized carbons (Fsp3) is 0.500. The van der Waals surface area contributed by atoms with Gasteiger partial charge in [0.15, 0.2) is 0 Å². The molecule has 0 bridgehead atoms. The number of hydrogen-bond donors (Lipinski definition) is 1. The van der Waals surface area contributed by atoms with Crippen molar-refractivity contribution in [3.8, 4) is 0 Å². The molecule has 114 valence electrons. The molecule has 1 aromatic carbocycles. The van der Waals surface area contributed by atoms with Crippen LogP contribution in [0.1, 0.15) is 35.7 Å². The molecule has 1 fully saturated rings. The molecule has 1 aromatic rings. The van der Waals surface area contributed by atoms with Crippen LogP contribution in [-0.4, -0.2) is 41.6 Å². The summed E-state index contributed by atoms with van der Waals surface area (Å²) < 4.78 is 5.09. The molecule has 0 saturated carbocycles. The highest BCUT2D eigenvalue weighted by Crippen LogP contribution is 2.20. The van der Waals surface area contributed by atoms with E-state index in [-0.39, 0.29) is 11.9 Å². The van der Waals surface area contributed by atoms with Gasteiger partial charge in [0, 0.05) is 13.1 Å². The van der Waals surface area contributed by atoms with Crippen molar-refractivity contribution in [1.29, 1.82) is 0 Å². The van der Waals surface area contributed by atoms with E-state index >= 15 is 0 Å². The molecule has 0 aromatic heterocycles. The van der Waals surface area contributed by atoms with Crippen LogP contribution < -0.4 is 0 Å². The number of rotatable bonds is 5. The van der Waals surface area contributed by atoms with Crippen molar-refractivity contribution < 1.29 is 19.4 Å². The Bertz CT molecular complexity index is 515. The monoisotopic (exact) mass is 291 g/mol. The van der Waals surface area contributed by atoms with Crippen molar-refractivity contribution in [1.82, 2.24) is 4.90 Å². The Morgan fingerprint density at radius 2 is 2.24 bits per heavy atom. The van der Waals surface area contributed by atoms with E-state index in [1.54, 1.807) is 18.2 Å². The molecular formula is C16H21NO4. The Morgan fingerprint density at radius 1 is 1.43 bits per heavy atom. The Labute approximate surface area is 124 Å². The van der Waals surface area contributed by atoms with Gasteiger partial charge in [0.2, 0.25) is 0 Å². The molecule has 1 heterocycles. The third-order valence-corrected chi connectivity index (χ3v) is 3.71. The normalized spacial score (nSPS) is 19.2. The smallest absolute Gasteiger partial charge is 0.335 e. The topological polar surface area (TPSA) is 66.8 Å². The number of likely N-dealkylation sites (tertiary alicyclic amines) is 1. The Balaban J connectivity index is 1.97. The van der Waals surface area contributed by atoms with E-state index in [0.29, 0.717) is 25.3 Å². The summed E-state index contributed by atoms with van der Waals surface area (Å²) in [6.45, 7) is 4.49. The van der Waals surface area contributed by atoms with E-state index < -0.39 is 5.97 Å². The third-order valence-electron chi connectivity index (χ3n) is 3.71. The number of esters is 1. The van der Waals surface area contributed by atoms with Crippen molar-refractivity contribution in [3.63, 3.8) is 0 Å². The van der Waals surface area contributed by atoms with E-state index in [1.165, 1.54) is 0 Å². The van der Waals surface area contributed by atoms with Crippen LogP contribution in [0.5, 0.6) is 0 Å². The lowest BCUT2D eigenvalue weighted by Gasteiger charge is -2.31. The molecule has 1 saturated heterocycles. The quantitative estimate of drug-likeness (QED) is 0.842. The number of carboxylic acid groups (broad SMARTS) is 1. The molecule has 5 nitrogen and oxygen atoms in total. The number of carbonyl (C=O) groups is 2. The van der Waals surface area contributed by atoms with Gasteiger partial charge < -0.3 is 9.84 Å². The summed E-state index contributed by atoms with van der Waals surface area (Å²) >= 11 is 0. The predicted molar refractivity (Wildman–Crippen MR) is 78.0 cm³/mol. The average molecular weight is 291 g/mol. The van der Waals surface area contributed by atoms with E-state index in [4.69, 9.17) is 9.84 Å². The highest BCUT2D eigenvalue weighted by Gasteiger charge is 2.26. The van der Waals surface area contributed by atoms with Crippen LogP contribution in [0.2, 0.25) is 0 Å². The summed E-state index contributed by atoms with van der Waals surface area (Å²) in [6.07, 6.45) is 1.83. The SMILES string of the molecule is CCOC(=O)[C@H]1CCCN(Cc2cccc(C(=O)O)c2)C1. The van der Waals surface area contributed by atoms with Crippen molar-refractivity contribution in [2.75, 3.05) is 19.7 Å².